The van der Waals surface area contributed by atoms with Gasteiger partial charge in [0, 0.05) is 19.4 Å². The number of nitrogens with zero attached hydrogens (tertiary/aromatic N) is 2. The van der Waals surface area contributed by atoms with Gasteiger partial charge in [-0.25, -0.2) is 4.98 Å². The number of fused-ring (bicyclic) bond motifs is 10. The molecule has 0 aliphatic carbocycles. The fourth-order valence-corrected chi connectivity index (χ4v) is 4.32. The quantitative estimate of drug-likeness (QED) is 0.543. The van der Waals surface area contributed by atoms with E-state index in [1.807, 2.05) is 18.1 Å². The number of allylic oxidation sites excluding steroid dienone is 1. The maximum absolute atomic E-state index is 13.0. The van der Waals surface area contributed by atoms with Gasteiger partial charge in [-0.1, -0.05) is 54.6 Å². The van der Waals surface area contributed by atoms with Gasteiger partial charge in [0.1, 0.15) is 12.1 Å². The first-order valence-electron chi connectivity index (χ1n) is 11.9. The number of anilines is 1. The van der Waals surface area contributed by atoms with E-state index in [4.69, 9.17) is 0 Å². The number of benzene rings is 2. The van der Waals surface area contributed by atoms with Crippen LogP contribution in [0, 0.1) is 0 Å². The summed E-state index contributed by atoms with van der Waals surface area (Å²) in [5.74, 6) is 0.237. The van der Waals surface area contributed by atoms with E-state index in [0.717, 1.165) is 44.0 Å². The Bertz CT molecular complexity index is 1150. The van der Waals surface area contributed by atoms with E-state index in [1.165, 1.54) is 16.7 Å². The molecular formula is C29H31N3O2. The second-order valence-electron chi connectivity index (χ2n) is 8.84. The van der Waals surface area contributed by atoms with Crippen molar-refractivity contribution in [2.75, 3.05) is 11.9 Å². The van der Waals surface area contributed by atoms with Crippen molar-refractivity contribution < 1.29 is 9.59 Å². The predicted molar refractivity (Wildman–Crippen MR) is 136 cm³/mol. The van der Waals surface area contributed by atoms with Crippen molar-refractivity contribution in [2.24, 2.45) is 0 Å². The number of carbonyl (C=O) groups is 2. The normalized spacial score (nSPS) is 18.3. The molecule has 2 aliphatic heterocycles. The maximum atomic E-state index is 13.0. The Morgan fingerprint density at radius 3 is 2.47 bits per heavy atom. The van der Waals surface area contributed by atoms with Crippen LogP contribution in [0.5, 0.6) is 0 Å². The second-order valence-corrected chi connectivity index (χ2v) is 8.84. The molecule has 0 spiro atoms. The smallest absolute Gasteiger partial charge is 0.255 e. The first kappa shape index (κ1) is 23.4. The molecule has 2 aromatic carbocycles. The van der Waals surface area contributed by atoms with Gasteiger partial charge in [0.2, 0.25) is 0 Å². The van der Waals surface area contributed by atoms with Gasteiger partial charge in [0.15, 0.2) is 0 Å². The predicted octanol–water partition coefficient (Wildman–Crippen LogP) is 4.69. The highest BCUT2D eigenvalue weighted by Crippen LogP contribution is 2.18. The summed E-state index contributed by atoms with van der Waals surface area (Å²) in [6.45, 7) is 0. The van der Waals surface area contributed by atoms with Crippen LogP contribution in [0.15, 0.2) is 79.1 Å². The van der Waals surface area contributed by atoms with Crippen LogP contribution in [0.4, 0.5) is 5.82 Å². The summed E-state index contributed by atoms with van der Waals surface area (Å²) in [4.78, 5) is 31.1. The van der Waals surface area contributed by atoms with E-state index in [2.05, 4.69) is 64.9 Å². The third-order valence-electron chi connectivity index (χ3n) is 6.18. The zero-order valence-electron chi connectivity index (χ0n) is 19.6. The first-order chi connectivity index (χ1) is 16.6. The number of amides is 1. The van der Waals surface area contributed by atoms with Gasteiger partial charge in [-0.15, -0.1) is 0 Å². The molecule has 174 valence electrons. The minimum atomic E-state index is -0.604. The highest BCUT2D eigenvalue weighted by molar-refractivity contribution is 6.00. The molecule has 0 fully saturated rings. The number of hydrogen-bond acceptors (Lipinski definition) is 4. The molecule has 1 amide bonds. The summed E-state index contributed by atoms with van der Waals surface area (Å²) >= 11 is 0. The van der Waals surface area contributed by atoms with Crippen molar-refractivity contribution in [3.8, 4) is 0 Å². The molecule has 4 bridgehead atoms. The molecule has 1 unspecified atom stereocenters. The molecule has 1 aromatic heterocycles. The van der Waals surface area contributed by atoms with E-state index in [1.54, 1.807) is 18.3 Å². The Morgan fingerprint density at radius 2 is 1.68 bits per heavy atom. The molecule has 0 saturated heterocycles. The lowest BCUT2D eigenvalue weighted by Crippen LogP contribution is -2.38. The van der Waals surface area contributed by atoms with Gasteiger partial charge in [0.25, 0.3) is 5.91 Å². The van der Waals surface area contributed by atoms with Crippen LogP contribution in [0.3, 0.4) is 0 Å². The number of aryl methyl sites for hydroxylation is 2. The molecule has 34 heavy (non-hydrogen) atoms. The SMILES string of the molecule is CN1/C=C\Cc2cccc(c2)CCCCc2ccc(cc2)CC(C=O)NC(=O)c2cccnc21. The summed E-state index contributed by atoms with van der Waals surface area (Å²) in [6.07, 6.45) is 12.1. The zero-order chi connectivity index (χ0) is 23.8. The zero-order valence-corrected chi connectivity index (χ0v) is 19.6. The topological polar surface area (TPSA) is 62.3 Å². The summed E-state index contributed by atoms with van der Waals surface area (Å²) in [5, 5.41) is 2.87. The van der Waals surface area contributed by atoms with Crippen LogP contribution >= 0.6 is 0 Å². The highest BCUT2D eigenvalue weighted by Gasteiger charge is 2.18. The molecule has 5 heteroatoms. The molecule has 0 radical (unpaired) electrons. The maximum Gasteiger partial charge on any atom is 0.255 e. The van der Waals surface area contributed by atoms with Gasteiger partial charge >= 0.3 is 0 Å². The van der Waals surface area contributed by atoms with Gasteiger partial charge in [-0.2, -0.15) is 0 Å². The van der Waals surface area contributed by atoms with E-state index >= 15 is 0 Å². The number of pyridine rings is 1. The van der Waals surface area contributed by atoms with Crippen molar-refractivity contribution >= 4 is 18.0 Å². The van der Waals surface area contributed by atoms with Crippen LogP contribution in [0.1, 0.15) is 45.5 Å². The van der Waals surface area contributed by atoms with Crippen molar-refractivity contribution in [1.82, 2.24) is 10.3 Å². The molecule has 1 N–H and O–H groups in total. The molecular weight excluding hydrogens is 422 g/mol. The monoisotopic (exact) mass is 453 g/mol. The number of aldehydes is 1. The Hall–Kier alpha value is -3.73. The minimum Gasteiger partial charge on any atom is -0.342 e. The molecule has 2 aliphatic rings. The standard InChI is InChI=1S/C29H31N3O2/c1-32-18-6-11-24-10-4-9-23(19-24)8-3-2-7-22-13-15-25(16-14-22)20-26(21-33)31-29(34)27-12-5-17-30-28(27)32/h4-6,9-10,12-19,21,26H,2-3,7-8,11,20H2,1H3,(H,31,34)/b18-6-. The third kappa shape index (κ3) is 6.19. The van der Waals surface area contributed by atoms with Crippen LogP contribution in [-0.4, -0.2) is 30.3 Å². The van der Waals surface area contributed by atoms with Crippen molar-refractivity contribution in [3.63, 3.8) is 0 Å². The van der Waals surface area contributed by atoms with E-state index < -0.39 is 6.04 Å². The van der Waals surface area contributed by atoms with Crippen LogP contribution in [-0.2, 0) is 30.5 Å². The number of hydrogen-bond donors (Lipinski definition) is 1. The summed E-state index contributed by atoms with van der Waals surface area (Å²) in [7, 11) is 1.88. The average molecular weight is 454 g/mol. The van der Waals surface area contributed by atoms with Crippen molar-refractivity contribution in [1.29, 1.82) is 0 Å². The molecule has 5 nitrogen and oxygen atoms in total. The van der Waals surface area contributed by atoms with Gasteiger partial charge in [-0.3, -0.25) is 4.79 Å². The molecule has 1 atom stereocenters. The Morgan fingerprint density at radius 1 is 0.941 bits per heavy atom. The summed E-state index contributed by atoms with van der Waals surface area (Å²) in [6, 6.07) is 20.0. The van der Waals surface area contributed by atoms with E-state index in [-0.39, 0.29) is 5.91 Å². The van der Waals surface area contributed by atoms with Crippen LogP contribution < -0.4 is 10.2 Å². The van der Waals surface area contributed by atoms with Crippen LogP contribution in [0.25, 0.3) is 0 Å². The summed E-state index contributed by atoms with van der Waals surface area (Å²) < 4.78 is 0. The van der Waals surface area contributed by atoms with Gasteiger partial charge in [-0.05, 0) is 72.9 Å². The Kier molecular flexibility index (Phi) is 7.87. The lowest BCUT2D eigenvalue weighted by molar-refractivity contribution is -0.109. The average Bonchev–Trinajstić information content (AvgIpc) is 2.87. The third-order valence-corrected chi connectivity index (χ3v) is 6.18. The molecule has 3 aromatic rings. The fourth-order valence-electron chi connectivity index (χ4n) is 4.32. The Labute approximate surface area is 201 Å². The van der Waals surface area contributed by atoms with E-state index in [9.17, 15) is 9.59 Å². The van der Waals surface area contributed by atoms with Crippen molar-refractivity contribution in [2.45, 2.75) is 44.6 Å². The number of rotatable bonds is 1. The second kappa shape index (κ2) is 11.4. The highest BCUT2D eigenvalue weighted by atomic mass is 16.2. The summed E-state index contributed by atoms with van der Waals surface area (Å²) in [5.41, 5.74) is 5.38. The lowest BCUT2D eigenvalue weighted by atomic mass is 10.00. The first-order valence-corrected chi connectivity index (χ1v) is 11.9. The Balaban J connectivity index is 1.61. The number of nitrogens with one attached hydrogen (secondary N) is 1. The molecule has 5 rings (SSSR count). The minimum absolute atomic E-state index is 0.310. The molecule has 0 saturated carbocycles. The van der Waals surface area contributed by atoms with Gasteiger partial charge < -0.3 is 15.0 Å². The molecule has 3 heterocycles. The number of carbonyl (C=O) groups excluding carboxylic acids is 2. The fraction of sp³-hybridized carbons (Fsp3) is 0.276. The van der Waals surface area contributed by atoms with E-state index in [0.29, 0.717) is 17.8 Å². The largest absolute Gasteiger partial charge is 0.342 e. The van der Waals surface area contributed by atoms with Crippen molar-refractivity contribution in [3.05, 3.63) is 107 Å². The lowest BCUT2D eigenvalue weighted by Gasteiger charge is -2.18. The number of aromatic nitrogens is 1. The van der Waals surface area contributed by atoms with Crippen LogP contribution in [0.2, 0.25) is 0 Å². The van der Waals surface area contributed by atoms with Gasteiger partial charge in [0.05, 0.1) is 11.6 Å².